The number of thiophene rings is 1. The number of fused-ring (bicyclic) bond motifs is 1. The maximum atomic E-state index is 12.9. The summed E-state index contributed by atoms with van der Waals surface area (Å²) in [7, 11) is 0. The minimum atomic E-state index is -4.24. The van der Waals surface area contributed by atoms with Gasteiger partial charge in [-0.2, -0.15) is 13.2 Å². The number of hydrogen-bond donors (Lipinski definition) is 2. The molecule has 1 aromatic rings. The molecule has 5 nitrogen and oxygen atoms in total. The number of anilines is 1. The number of nitrogens with two attached hydrogens (primary N) is 1. The number of alkyl halides is 3. The van der Waals surface area contributed by atoms with E-state index in [1.54, 1.807) is 0 Å². The van der Waals surface area contributed by atoms with Gasteiger partial charge in [0.15, 0.2) is 0 Å². The number of piperidine rings is 1. The third kappa shape index (κ3) is 4.20. The molecule has 1 aromatic heterocycles. The van der Waals surface area contributed by atoms with Crippen molar-refractivity contribution in [2.45, 2.75) is 44.7 Å². The van der Waals surface area contributed by atoms with E-state index < -0.39 is 23.9 Å². The lowest BCUT2D eigenvalue weighted by molar-refractivity contribution is -0.186. The van der Waals surface area contributed by atoms with Crippen molar-refractivity contribution in [3.63, 3.8) is 0 Å². The summed E-state index contributed by atoms with van der Waals surface area (Å²) in [5, 5.41) is 3.14. The number of halogens is 3. The van der Waals surface area contributed by atoms with Crippen molar-refractivity contribution in [2.24, 2.45) is 11.7 Å². The summed E-state index contributed by atoms with van der Waals surface area (Å²) in [6.45, 7) is 0.178. The summed E-state index contributed by atoms with van der Waals surface area (Å²) in [5.41, 5.74) is 6.77. The molecule has 0 spiro atoms. The first-order valence-corrected chi connectivity index (χ1v) is 9.60. The van der Waals surface area contributed by atoms with E-state index in [-0.39, 0.29) is 19.5 Å². The number of likely N-dealkylation sites (tertiary alicyclic amines) is 1. The summed E-state index contributed by atoms with van der Waals surface area (Å²) in [4.78, 5) is 26.8. The lowest BCUT2D eigenvalue weighted by Gasteiger charge is -2.33. The van der Waals surface area contributed by atoms with E-state index in [0.717, 1.165) is 36.1 Å². The van der Waals surface area contributed by atoms with Crippen LogP contribution in [0, 0.1) is 5.92 Å². The molecule has 1 saturated heterocycles. The number of aryl methyl sites for hydroxylation is 1. The number of amides is 2. The van der Waals surface area contributed by atoms with Crippen LogP contribution in [0.4, 0.5) is 18.2 Å². The van der Waals surface area contributed by atoms with Crippen molar-refractivity contribution in [3.8, 4) is 0 Å². The normalized spacial score (nSPS) is 21.3. The summed E-state index contributed by atoms with van der Waals surface area (Å²) in [6, 6.07) is 0. The second kappa shape index (κ2) is 7.56. The molecule has 1 atom stereocenters. The van der Waals surface area contributed by atoms with Gasteiger partial charge in [0.25, 0.3) is 5.91 Å². The Labute approximate surface area is 153 Å². The molecule has 2 heterocycles. The van der Waals surface area contributed by atoms with Crippen LogP contribution >= 0.6 is 11.3 Å². The second-order valence-corrected chi connectivity index (χ2v) is 8.05. The molecular formula is C17H22F3N3O2S. The lowest BCUT2D eigenvalue weighted by atomic mass is 9.95. The van der Waals surface area contributed by atoms with E-state index in [0.29, 0.717) is 23.5 Å². The Morgan fingerprint density at radius 2 is 1.96 bits per heavy atom. The first-order chi connectivity index (χ1) is 12.3. The van der Waals surface area contributed by atoms with Gasteiger partial charge in [-0.15, -0.1) is 11.3 Å². The van der Waals surface area contributed by atoms with Crippen molar-refractivity contribution in [1.29, 1.82) is 0 Å². The molecule has 0 saturated carbocycles. The Balaban J connectivity index is 1.67. The molecule has 0 bridgehead atoms. The lowest BCUT2D eigenvalue weighted by Crippen LogP contribution is -2.44. The number of carbonyl (C=O) groups is 2. The fraction of sp³-hybridized carbons (Fsp3) is 0.647. The van der Waals surface area contributed by atoms with Gasteiger partial charge in [-0.25, -0.2) is 0 Å². The smallest absolute Gasteiger partial charge is 0.365 e. The molecule has 26 heavy (non-hydrogen) atoms. The monoisotopic (exact) mass is 389 g/mol. The highest BCUT2D eigenvalue weighted by molar-refractivity contribution is 7.17. The second-order valence-electron chi connectivity index (χ2n) is 6.94. The van der Waals surface area contributed by atoms with Crippen LogP contribution in [-0.4, -0.2) is 42.5 Å². The minimum Gasteiger partial charge on any atom is -0.365 e. The number of rotatable bonds is 4. The quantitative estimate of drug-likeness (QED) is 0.831. The highest BCUT2D eigenvalue weighted by Gasteiger charge is 2.42. The molecule has 144 valence electrons. The summed E-state index contributed by atoms with van der Waals surface area (Å²) in [6.07, 6.45) is -0.0892. The SMILES string of the molecule is NC(=O)c1c(NC(=O)CN2CCCC(C(F)(F)F)C2)sc2c1CCCC2. The number of carbonyl (C=O) groups excluding carboxylic acids is 2. The third-order valence-electron chi connectivity index (χ3n) is 5.01. The van der Waals surface area contributed by atoms with Gasteiger partial charge in [0.2, 0.25) is 5.91 Å². The molecule has 3 rings (SSSR count). The molecule has 3 N–H and O–H groups in total. The zero-order valence-corrected chi connectivity index (χ0v) is 15.1. The van der Waals surface area contributed by atoms with Crippen LogP contribution in [0.1, 0.15) is 46.5 Å². The van der Waals surface area contributed by atoms with Crippen molar-refractivity contribution in [2.75, 3.05) is 25.0 Å². The molecule has 0 radical (unpaired) electrons. The molecular weight excluding hydrogens is 367 g/mol. The number of hydrogen-bond acceptors (Lipinski definition) is 4. The molecule has 2 amide bonds. The van der Waals surface area contributed by atoms with E-state index in [9.17, 15) is 22.8 Å². The zero-order chi connectivity index (χ0) is 18.9. The third-order valence-corrected chi connectivity index (χ3v) is 6.21. The molecule has 2 aliphatic rings. The average molecular weight is 389 g/mol. The standard InChI is InChI=1S/C17H22F3N3O2S/c18-17(19,20)10-4-3-7-23(8-10)9-13(24)22-16-14(15(21)25)11-5-1-2-6-12(11)26-16/h10H,1-9H2,(H2,21,25)(H,22,24). The maximum Gasteiger partial charge on any atom is 0.393 e. The van der Waals surface area contributed by atoms with Crippen molar-refractivity contribution >= 4 is 28.2 Å². The van der Waals surface area contributed by atoms with Gasteiger partial charge in [0, 0.05) is 11.4 Å². The van der Waals surface area contributed by atoms with Crippen LogP contribution in [0.2, 0.25) is 0 Å². The van der Waals surface area contributed by atoms with Crippen LogP contribution in [0.25, 0.3) is 0 Å². The Hall–Kier alpha value is -1.61. The van der Waals surface area contributed by atoms with Crippen LogP contribution < -0.4 is 11.1 Å². The van der Waals surface area contributed by atoms with Crippen LogP contribution in [-0.2, 0) is 17.6 Å². The molecule has 1 unspecified atom stereocenters. The van der Waals surface area contributed by atoms with Gasteiger partial charge in [0.1, 0.15) is 5.00 Å². The summed E-state index contributed by atoms with van der Waals surface area (Å²) in [5.74, 6) is -2.37. The van der Waals surface area contributed by atoms with E-state index in [4.69, 9.17) is 5.73 Å². The number of nitrogens with one attached hydrogen (secondary N) is 1. The molecule has 0 aromatic carbocycles. The van der Waals surface area contributed by atoms with Gasteiger partial charge in [0.05, 0.1) is 18.0 Å². The number of primary amides is 1. The van der Waals surface area contributed by atoms with E-state index in [2.05, 4.69) is 5.32 Å². The highest BCUT2D eigenvalue weighted by atomic mass is 32.1. The first-order valence-electron chi connectivity index (χ1n) is 8.79. The van der Waals surface area contributed by atoms with Gasteiger partial charge >= 0.3 is 6.18 Å². The Morgan fingerprint density at radius 3 is 2.65 bits per heavy atom. The highest BCUT2D eigenvalue weighted by Crippen LogP contribution is 2.38. The average Bonchev–Trinajstić information content (AvgIpc) is 2.91. The van der Waals surface area contributed by atoms with E-state index in [1.165, 1.54) is 16.2 Å². The Kier molecular flexibility index (Phi) is 5.57. The van der Waals surface area contributed by atoms with Gasteiger partial charge in [-0.3, -0.25) is 14.5 Å². The van der Waals surface area contributed by atoms with Crippen LogP contribution in [0.15, 0.2) is 0 Å². The van der Waals surface area contributed by atoms with E-state index >= 15 is 0 Å². The first kappa shape index (κ1) is 19.2. The van der Waals surface area contributed by atoms with Crippen molar-refractivity contribution < 1.29 is 22.8 Å². The largest absolute Gasteiger partial charge is 0.393 e. The molecule has 1 fully saturated rings. The Morgan fingerprint density at radius 1 is 1.23 bits per heavy atom. The topological polar surface area (TPSA) is 75.4 Å². The van der Waals surface area contributed by atoms with Gasteiger partial charge in [-0.1, -0.05) is 0 Å². The van der Waals surface area contributed by atoms with Gasteiger partial charge < -0.3 is 11.1 Å². The molecule has 1 aliphatic heterocycles. The van der Waals surface area contributed by atoms with Crippen LogP contribution in [0.5, 0.6) is 0 Å². The summed E-state index contributed by atoms with van der Waals surface area (Å²) < 4.78 is 38.7. The Bertz CT molecular complexity index is 702. The fourth-order valence-corrected chi connectivity index (χ4v) is 5.06. The fourth-order valence-electron chi connectivity index (χ4n) is 3.75. The molecule has 9 heteroatoms. The van der Waals surface area contributed by atoms with Crippen molar-refractivity contribution in [3.05, 3.63) is 16.0 Å². The van der Waals surface area contributed by atoms with Crippen molar-refractivity contribution in [1.82, 2.24) is 4.90 Å². The van der Waals surface area contributed by atoms with E-state index in [1.807, 2.05) is 0 Å². The van der Waals surface area contributed by atoms with Crippen LogP contribution in [0.3, 0.4) is 0 Å². The summed E-state index contributed by atoms with van der Waals surface area (Å²) >= 11 is 1.35. The van der Waals surface area contributed by atoms with Gasteiger partial charge in [-0.05, 0) is 50.6 Å². The molecule has 1 aliphatic carbocycles. The predicted octanol–water partition coefficient (Wildman–Crippen LogP) is 2.94. The maximum absolute atomic E-state index is 12.9. The minimum absolute atomic E-state index is 0.102. The number of nitrogens with zero attached hydrogens (tertiary/aromatic N) is 1. The predicted molar refractivity (Wildman–Crippen MR) is 93.3 cm³/mol. The zero-order valence-electron chi connectivity index (χ0n) is 14.3.